The van der Waals surface area contributed by atoms with Crippen molar-refractivity contribution in [2.24, 2.45) is 0 Å². The molecule has 1 amide bonds. The van der Waals surface area contributed by atoms with Crippen LogP contribution in [0, 0.1) is 13.8 Å². The highest BCUT2D eigenvalue weighted by Gasteiger charge is 2.33. The van der Waals surface area contributed by atoms with Gasteiger partial charge >= 0.3 is 5.97 Å². The molecular weight excluding hydrogens is 348 g/mol. The molecule has 0 spiro atoms. The highest BCUT2D eigenvalue weighted by atomic mass is 16.5. The van der Waals surface area contributed by atoms with E-state index in [4.69, 9.17) is 9.26 Å². The molecule has 1 heterocycles. The van der Waals surface area contributed by atoms with Crippen LogP contribution < -0.4 is 10.1 Å². The Bertz CT molecular complexity index is 778. The van der Waals surface area contributed by atoms with Crippen LogP contribution in [0.2, 0.25) is 0 Å². The fourth-order valence-corrected chi connectivity index (χ4v) is 2.83. The summed E-state index contributed by atoms with van der Waals surface area (Å²) in [6, 6.07) is 7.15. The number of hydrogen-bond acceptors (Lipinski definition) is 5. The van der Waals surface area contributed by atoms with Gasteiger partial charge in [-0.3, -0.25) is 4.79 Å². The van der Waals surface area contributed by atoms with E-state index in [1.807, 2.05) is 20.8 Å². The average molecular weight is 374 g/mol. The fraction of sp³-hybridized carbons (Fsp3) is 0.450. The van der Waals surface area contributed by atoms with Gasteiger partial charge in [-0.25, -0.2) is 4.79 Å². The Labute approximate surface area is 158 Å². The van der Waals surface area contributed by atoms with Gasteiger partial charge in [0.2, 0.25) is 5.91 Å². The molecule has 1 aromatic heterocycles. The number of amides is 1. The predicted molar refractivity (Wildman–Crippen MR) is 99.5 cm³/mol. The lowest BCUT2D eigenvalue weighted by molar-refractivity contribution is -0.147. The Morgan fingerprint density at radius 2 is 1.93 bits per heavy atom. The van der Waals surface area contributed by atoms with Crippen molar-refractivity contribution in [3.05, 3.63) is 46.8 Å². The number of ether oxygens (including phenoxy) is 1. The van der Waals surface area contributed by atoms with Gasteiger partial charge in [0.15, 0.2) is 0 Å². The Morgan fingerprint density at radius 1 is 1.26 bits per heavy atom. The topological polar surface area (TPSA) is 102 Å². The molecule has 0 saturated heterocycles. The van der Waals surface area contributed by atoms with Crippen LogP contribution in [-0.4, -0.2) is 27.7 Å². The quantitative estimate of drug-likeness (QED) is 0.699. The van der Waals surface area contributed by atoms with Gasteiger partial charge in [-0.1, -0.05) is 30.6 Å². The van der Waals surface area contributed by atoms with Crippen molar-refractivity contribution in [2.75, 3.05) is 0 Å². The summed E-state index contributed by atoms with van der Waals surface area (Å²) >= 11 is 0. The minimum Gasteiger partial charge on any atom is -0.489 e. The molecule has 0 saturated carbocycles. The van der Waals surface area contributed by atoms with Crippen LogP contribution in [0.15, 0.2) is 28.8 Å². The number of aryl methyl sites for hydroxylation is 2. The van der Waals surface area contributed by atoms with Gasteiger partial charge in [0.05, 0.1) is 17.7 Å². The van der Waals surface area contributed by atoms with E-state index >= 15 is 0 Å². The number of nitrogens with zero attached hydrogens (tertiary/aromatic N) is 1. The first kappa shape index (κ1) is 20.5. The first-order chi connectivity index (χ1) is 12.7. The van der Waals surface area contributed by atoms with Crippen LogP contribution in [0.25, 0.3) is 0 Å². The lowest BCUT2D eigenvalue weighted by atomic mass is 9.96. The average Bonchev–Trinajstić information content (AvgIpc) is 2.92. The molecule has 2 N–H and O–H groups in total. The number of carbonyl (C=O) groups is 2. The summed E-state index contributed by atoms with van der Waals surface area (Å²) in [5.74, 6) is 0.0494. The maximum absolute atomic E-state index is 12.2. The summed E-state index contributed by atoms with van der Waals surface area (Å²) in [5.41, 5.74) is 1.25. The molecule has 1 atom stereocenters. The molecule has 27 heavy (non-hydrogen) atoms. The maximum Gasteiger partial charge on any atom is 0.329 e. The number of aromatic nitrogens is 1. The number of hydrogen-bond donors (Lipinski definition) is 2. The molecule has 7 nitrogen and oxygen atoms in total. The molecule has 1 aromatic carbocycles. The molecule has 146 valence electrons. The molecule has 0 aliphatic rings. The maximum atomic E-state index is 12.2. The fourth-order valence-electron chi connectivity index (χ4n) is 2.83. The van der Waals surface area contributed by atoms with E-state index in [9.17, 15) is 14.7 Å². The number of carbonyl (C=O) groups excluding carboxylic acids is 1. The first-order valence-corrected chi connectivity index (χ1v) is 8.93. The molecule has 0 radical (unpaired) electrons. The van der Waals surface area contributed by atoms with Crippen LogP contribution in [0.4, 0.5) is 0 Å². The molecular formula is C20H26N2O5. The van der Waals surface area contributed by atoms with Crippen LogP contribution in [0.3, 0.4) is 0 Å². The molecule has 0 bridgehead atoms. The highest BCUT2D eigenvalue weighted by molar-refractivity contribution is 5.87. The van der Waals surface area contributed by atoms with E-state index in [1.54, 1.807) is 24.3 Å². The number of carboxylic acid groups (broad SMARTS) is 1. The van der Waals surface area contributed by atoms with Gasteiger partial charge < -0.3 is 19.7 Å². The zero-order chi connectivity index (χ0) is 20.0. The predicted octanol–water partition coefficient (Wildman–Crippen LogP) is 3.17. The van der Waals surface area contributed by atoms with Crippen molar-refractivity contribution < 1.29 is 24.0 Å². The summed E-state index contributed by atoms with van der Waals surface area (Å²) in [4.78, 5) is 23.6. The number of rotatable bonds is 9. The van der Waals surface area contributed by atoms with E-state index in [0.29, 0.717) is 25.2 Å². The third-order valence-electron chi connectivity index (χ3n) is 4.49. The second kappa shape index (κ2) is 8.70. The van der Waals surface area contributed by atoms with Crippen molar-refractivity contribution in [1.82, 2.24) is 10.5 Å². The summed E-state index contributed by atoms with van der Waals surface area (Å²) in [7, 11) is 0. The molecule has 7 heteroatoms. The van der Waals surface area contributed by atoms with E-state index in [0.717, 1.165) is 22.6 Å². The Hall–Kier alpha value is -2.83. The largest absolute Gasteiger partial charge is 0.489 e. The number of aliphatic carboxylic acids is 1. The van der Waals surface area contributed by atoms with Crippen molar-refractivity contribution in [1.29, 1.82) is 0 Å². The van der Waals surface area contributed by atoms with Gasteiger partial charge in [-0.05, 0) is 44.9 Å². The smallest absolute Gasteiger partial charge is 0.329 e. The molecule has 2 rings (SSSR count). The van der Waals surface area contributed by atoms with Gasteiger partial charge in [0.1, 0.15) is 23.7 Å². The Morgan fingerprint density at radius 3 is 2.44 bits per heavy atom. The van der Waals surface area contributed by atoms with Crippen molar-refractivity contribution in [3.63, 3.8) is 0 Å². The van der Waals surface area contributed by atoms with Crippen molar-refractivity contribution in [3.8, 4) is 5.75 Å². The summed E-state index contributed by atoms with van der Waals surface area (Å²) in [5, 5.41) is 15.9. The molecule has 1 unspecified atom stereocenters. The third-order valence-corrected chi connectivity index (χ3v) is 4.49. The number of nitrogens with one attached hydrogen (secondary N) is 1. The third kappa shape index (κ3) is 5.32. The van der Waals surface area contributed by atoms with Crippen molar-refractivity contribution in [2.45, 2.75) is 59.1 Å². The van der Waals surface area contributed by atoms with E-state index in [2.05, 4.69) is 10.5 Å². The zero-order valence-corrected chi connectivity index (χ0v) is 16.2. The standard InChI is InChI=1S/C20H26N2O5/c1-5-10-20(4,19(24)25)21-18(23)11-15-6-8-16(9-7-15)26-12-17-13(2)22-27-14(17)3/h6-9H,5,10-12H2,1-4H3,(H,21,23)(H,24,25). The minimum atomic E-state index is -1.25. The number of carboxylic acids is 1. The first-order valence-electron chi connectivity index (χ1n) is 8.93. The lowest BCUT2D eigenvalue weighted by Gasteiger charge is -2.25. The van der Waals surface area contributed by atoms with Crippen LogP contribution in [0.5, 0.6) is 5.75 Å². The highest BCUT2D eigenvalue weighted by Crippen LogP contribution is 2.18. The van der Waals surface area contributed by atoms with Gasteiger partial charge in [-0.15, -0.1) is 0 Å². The van der Waals surface area contributed by atoms with E-state index in [1.165, 1.54) is 6.92 Å². The second-order valence-electron chi connectivity index (χ2n) is 6.85. The summed E-state index contributed by atoms with van der Waals surface area (Å²) in [6.07, 6.45) is 1.15. The summed E-state index contributed by atoms with van der Waals surface area (Å²) in [6.45, 7) is 7.47. The Balaban J connectivity index is 1.93. The van der Waals surface area contributed by atoms with E-state index < -0.39 is 11.5 Å². The van der Waals surface area contributed by atoms with Crippen LogP contribution in [-0.2, 0) is 22.6 Å². The molecule has 0 fully saturated rings. The second-order valence-corrected chi connectivity index (χ2v) is 6.85. The Kier molecular flexibility index (Phi) is 6.60. The van der Waals surface area contributed by atoms with Gasteiger partial charge in [-0.2, -0.15) is 0 Å². The minimum absolute atomic E-state index is 0.108. The van der Waals surface area contributed by atoms with Crippen molar-refractivity contribution >= 4 is 11.9 Å². The van der Waals surface area contributed by atoms with E-state index in [-0.39, 0.29) is 12.3 Å². The summed E-state index contributed by atoms with van der Waals surface area (Å²) < 4.78 is 10.8. The molecule has 0 aliphatic carbocycles. The SMILES string of the molecule is CCCC(C)(NC(=O)Cc1ccc(OCc2c(C)noc2C)cc1)C(=O)O. The van der Waals surface area contributed by atoms with Gasteiger partial charge in [0.25, 0.3) is 0 Å². The normalized spacial score (nSPS) is 13.0. The lowest BCUT2D eigenvalue weighted by Crippen LogP contribution is -2.52. The van der Waals surface area contributed by atoms with Crippen LogP contribution in [0.1, 0.15) is 49.3 Å². The molecule has 2 aromatic rings. The monoisotopic (exact) mass is 374 g/mol. The van der Waals surface area contributed by atoms with Crippen LogP contribution >= 0.6 is 0 Å². The molecule has 0 aliphatic heterocycles. The number of benzene rings is 1. The zero-order valence-electron chi connectivity index (χ0n) is 16.2. The van der Waals surface area contributed by atoms with Gasteiger partial charge in [0, 0.05) is 0 Å².